The van der Waals surface area contributed by atoms with Crippen LogP contribution in [0.3, 0.4) is 0 Å². The number of carbonyl (C=O) groups is 2. The molecule has 0 saturated heterocycles. The molecular formula is C23H39NO2S. The molecule has 1 heterocycles. The first-order valence-corrected chi connectivity index (χ1v) is 11.8. The molecule has 0 bridgehead atoms. The summed E-state index contributed by atoms with van der Waals surface area (Å²) in [6.45, 7) is 4.63. The Balaban J connectivity index is 1.98. The molecule has 0 aromatic carbocycles. The Kier molecular flexibility index (Phi) is 14.0. The molecule has 0 fully saturated rings. The monoisotopic (exact) mass is 393 g/mol. The van der Waals surface area contributed by atoms with Gasteiger partial charge in [-0.05, 0) is 18.6 Å². The number of anilines is 1. The average Bonchev–Trinajstić information content (AvgIpc) is 3.13. The molecule has 0 aliphatic carbocycles. The lowest BCUT2D eigenvalue weighted by atomic mass is 10.0. The molecule has 1 aromatic rings. The van der Waals surface area contributed by atoms with Crippen LogP contribution < -0.4 is 4.90 Å². The predicted molar refractivity (Wildman–Crippen MR) is 118 cm³/mol. The zero-order valence-corrected chi connectivity index (χ0v) is 18.3. The number of rotatable bonds is 17. The summed E-state index contributed by atoms with van der Waals surface area (Å²) in [7, 11) is 0. The first-order valence-electron chi connectivity index (χ1n) is 11.0. The van der Waals surface area contributed by atoms with Gasteiger partial charge in [-0.2, -0.15) is 0 Å². The van der Waals surface area contributed by atoms with E-state index in [1.54, 1.807) is 17.9 Å². The first kappa shape index (κ1) is 23.9. The molecule has 27 heavy (non-hydrogen) atoms. The maximum atomic E-state index is 11.9. The molecule has 0 spiro atoms. The fourth-order valence-electron chi connectivity index (χ4n) is 3.44. The molecule has 4 heteroatoms. The van der Waals surface area contributed by atoms with Gasteiger partial charge in [0.15, 0.2) is 6.29 Å². The van der Waals surface area contributed by atoms with Crippen molar-refractivity contribution >= 4 is 28.5 Å². The van der Waals surface area contributed by atoms with E-state index in [9.17, 15) is 9.59 Å². The topological polar surface area (TPSA) is 37.4 Å². The maximum Gasteiger partial charge on any atom is 0.224 e. The zero-order valence-electron chi connectivity index (χ0n) is 17.5. The minimum Gasteiger partial charge on any atom is -0.304 e. The van der Waals surface area contributed by atoms with Gasteiger partial charge in [-0.15, -0.1) is 11.3 Å². The van der Waals surface area contributed by atoms with Crippen molar-refractivity contribution in [2.45, 2.75) is 104 Å². The third-order valence-corrected chi connectivity index (χ3v) is 6.14. The summed E-state index contributed by atoms with van der Waals surface area (Å²) in [5.41, 5.74) is 0. The largest absolute Gasteiger partial charge is 0.304 e. The van der Waals surface area contributed by atoms with E-state index in [4.69, 9.17) is 0 Å². The second kappa shape index (κ2) is 15.9. The molecule has 1 rings (SSSR count). The Morgan fingerprint density at radius 1 is 0.852 bits per heavy atom. The van der Waals surface area contributed by atoms with Crippen LogP contribution in [0.25, 0.3) is 0 Å². The van der Waals surface area contributed by atoms with Gasteiger partial charge in [0.2, 0.25) is 5.91 Å². The van der Waals surface area contributed by atoms with Gasteiger partial charge >= 0.3 is 0 Å². The van der Waals surface area contributed by atoms with E-state index < -0.39 is 0 Å². The Morgan fingerprint density at radius 3 is 1.74 bits per heavy atom. The van der Waals surface area contributed by atoms with Gasteiger partial charge in [0.25, 0.3) is 0 Å². The van der Waals surface area contributed by atoms with Crippen molar-refractivity contribution in [2.75, 3.05) is 11.4 Å². The summed E-state index contributed by atoms with van der Waals surface area (Å²) in [5, 5.41) is 0.888. The van der Waals surface area contributed by atoms with E-state index in [-0.39, 0.29) is 5.91 Å². The van der Waals surface area contributed by atoms with Crippen LogP contribution in [0.5, 0.6) is 0 Å². The Hall–Kier alpha value is -1.16. The number of carbonyl (C=O) groups excluding carboxylic acids is 2. The minimum atomic E-state index is 0.0593. The summed E-state index contributed by atoms with van der Waals surface area (Å²) >= 11 is 1.39. The van der Waals surface area contributed by atoms with Gasteiger partial charge in [-0.1, -0.05) is 90.4 Å². The normalized spacial score (nSPS) is 10.9. The molecule has 3 nitrogen and oxygen atoms in total. The second-order valence-corrected chi connectivity index (χ2v) is 8.65. The second-order valence-electron chi connectivity index (χ2n) is 7.56. The van der Waals surface area contributed by atoms with Crippen LogP contribution in [-0.2, 0) is 4.79 Å². The number of aldehydes is 1. The molecule has 154 valence electrons. The van der Waals surface area contributed by atoms with Crippen molar-refractivity contribution in [1.82, 2.24) is 0 Å². The molecule has 0 radical (unpaired) electrons. The molecule has 0 atom stereocenters. The predicted octanol–water partition coefficient (Wildman–Crippen LogP) is 7.39. The number of unbranched alkanes of at least 4 members (excludes halogenated alkanes) is 13. The molecule has 0 unspecified atom stereocenters. The van der Waals surface area contributed by atoms with E-state index in [1.807, 2.05) is 6.07 Å². The number of hydrogen-bond acceptors (Lipinski definition) is 3. The molecule has 0 aliphatic heterocycles. The Bertz CT molecular complexity index is 512. The zero-order chi connectivity index (χ0) is 19.7. The number of hydrogen-bond donors (Lipinski definition) is 0. The molecule has 1 aromatic heterocycles. The van der Waals surface area contributed by atoms with E-state index in [0.29, 0.717) is 4.88 Å². The quantitative estimate of drug-likeness (QED) is 0.204. The molecule has 0 aliphatic rings. The van der Waals surface area contributed by atoms with Crippen LogP contribution in [0, 0.1) is 0 Å². The summed E-state index contributed by atoms with van der Waals surface area (Å²) in [4.78, 5) is 25.1. The fraction of sp³-hybridized carbons (Fsp3) is 0.739. The lowest BCUT2D eigenvalue weighted by Crippen LogP contribution is -2.28. The van der Waals surface area contributed by atoms with E-state index >= 15 is 0 Å². The van der Waals surface area contributed by atoms with Gasteiger partial charge < -0.3 is 4.90 Å². The SMILES string of the molecule is CCCCCCCCCCCCCCCCN(C(C)=O)c1ccc(C=O)s1. The highest BCUT2D eigenvalue weighted by Gasteiger charge is 2.13. The van der Waals surface area contributed by atoms with Gasteiger partial charge in [-0.3, -0.25) is 9.59 Å². The molecule has 0 saturated carbocycles. The van der Waals surface area contributed by atoms with Gasteiger partial charge in [-0.25, -0.2) is 0 Å². The molecular weight excluding hydrogens is 354 g/mol. The molecule has 1 amide bonds. The lowest BCUT2D eigenvalue weighted by molar-refractivity contribution is -0.116. The number of nitrogens with zero attached hydrogens (tertiary/aromatic N) is 1. The third kappa shape index (κ3) is 11.3. The maximum absolute atomic E-state index is 11.9. The Labute approximate surface area is 170 Å². The summed E-state index contributed by atoms with van der Waals surface area (Å²) in [5.74, 6) is 0.0593. The van der Waals surface area contributed by atoms with Gasteiger partial charge in [0, 0.05) is 13.5 Å². The van der Waals surface area contributed by atoms with Crippen LogP contribution in [0.4, 0.5) is 5.00 Å². The highest BCUT2D eigenvalue weighted by Crippen LogP contribution is 2.25. The fourth-order valence-corrected chi connectivity index (χ4v) is 4.33. The van der Waals surface area contributed by atoms with Crippen LogP contribution in [0.1, 0.15) is 113 Å². The number of thiophene rings is 1. The van der Waals surface area contributed by atoms with Crippen LogP contribution in [0.2, 0.25) is 0 Å². The van der Waals surface area contributed by atoms with Crippen molar-refractivity contribution in [1.29, 1.82) is 0 Å². The van der Waals surface area contributed by atoms with Crippen LogP contribution in [-0.4, -0.2) is 18.7 Å². The summed E-state index contributed by atoms with van der Waals surface area (Å²) in [6.07, 6.45) is 19.6. The average molecular weight is 394 g/mol. The van der Waals surface area contributed by atoms with Crippen molar-refractivity contribution < 1.29 is 9.59 Å². The minimum absolute atomic E-state index is 0.0593. The van der Waals surface area contributed by atoms with Crippen molar-refractivity contribution in [3.63, 3.8) is 0 Å². The number of amides is 1. The molecule has 0 N–H and O–H groups in total. The van der Waals surface area contributed by atoms with Crippen LogP contribution >= 0.6 is 11.3 Å². The van der Waals surface area contributed by atoms with Gasteiger partial charge in [0.05, 0.1) is 9.88 Å². The smallest absolute Gasteiger partial charge is 0.224 e. The first-order chi connectivity index (χ1) is 13.2. The summed E-state index contributed by atoms with van der Waals surface area (Å²) < 4.78 is 0. The van der Waals surface area contributed by atoms with Crippen molar-refractivity contribution in [3.8, 4) is 0 Å². The van der Waals surface area contributed by atoms with E-state index in [2.05, 4.69) is 6.92 Å². The van der Waals surface area contributed by atoms with Crippen molar-refractivity contribution in [2.24, 2.45) is 0 Å². The van der Waals surface area contributed by atoms with E-state index in [0.717, 1.165) is 24.3 Å². The highest BCUT2D eigenvalue weighted by atomic mass is 32.1. The highest BCUT2D eigenvalue weighted by molar-refractivity contribution is 7.17. The lowest BCUT2D eigenvalue weighted by Gasteiger charge is -2.18. The standard InChI is InChI=1S/C23H39NO2S/c1-3-4-5-6-7-8-9-10-11-12-13-14-15-16-19-24(21(2)26)23-18-17-22(20-25)27-23/h17-18,20H,3-16,19H2,1-2H3. The third-order valence-electron chi connectivity index (χ3n) is 5.11. The summed E-state index contributed by atoms with van der Waals surface area (Å²) in [6, 6.07) is 3.66. The van der Waals surface area contributed by atoms with Gasteiger partial charge in [0.1, 0.15) is 0 Å². The van der Waals surface area contributed by atoms with E-state index in [1.165, 1.54) is 94.8 Å². The Morgan fingerprint density at radius 2 is 1.33 bits per heavy atom. The van der Waals surface area contributed by atoms with Crippen molar-refractivity contribution in [3.05, 3.63) is 17.0 Å². The van der Waals surface area contributed by atoms with Crippen LogP contribution in [0.15, 0.2) is 12.1 Å².